The van der Waals surface area contributed by atoms with E-state index in [0.29, 0.717) is 6.54 Å². The molecule has 1 rings (SSSR count). The van der Waals surface area contributed by atoms with E-state index in [0.717, 1.165) is 31.2 Å². The maximum absolute atomic E-state index is 5.46. The Balaban J connectivity index is 2.15. The fraction of sp³-hybridized carbons (Fsp3) is 0.818. The Morgan fingerprint density at radius 1 is 1.44 bits per heavy atom. The van der Waals surface area contributed by atoms with E-state index in [1.54, 1.807) is 0 Å². The first-order chi connectivity index (χ1) is 7.80. The minimum atomic E-state index is 0.459. The van der Waals surface area contributed by atoms with Crippen molar-refractivity contribution in [3.63, 3.8) is 0 Å². The molecule has 0 aliphatic rings. The van der Waals surface area contributed by atoms with Crippen LogP contribution < -0.4 is 11.1 Å². The molecule has 5 heteroatoms. The summed E-state index contributed by atoms with van der Waals surface area (Å²) < 4.78 is 1.84. The second-order valence-electron chi connectivity index (χ2n) is 4.06. The molecule has 5 nitrogen and oxygen atoms in total. The Morgan fingerprint density at radius 2 is 2.19 bits per heavy atom. The number of hydrogen-bond donors (Lipinski definition) is 2. The summed E-state index contributed by atoms with van der Waals surface area (Å²) in [6.45, 7) is 7.81. The van der Waals surface area contributed by atoms with Crippen molar-refractivity contribution in [1.82, 2.24) is 20.3 Å². The molecule has 0 bridgehead atoms. The van der Waals surface area contributed by atoms with Crippen molar-refractivity contribution in [2.45, 2.75) is 39.8 Å². The first kappa shape index (κ1) is 13.1. The van der Waals surface area contributed by atoms with Crippen LogP contribution >= 0.6 is 0 Å². The van der Waals surface area contributed by atoms with Crippen LogP contribution in [-0.4, -0.2) is 28.1 Å². The molecule has 0 aromatic carbocycles. The number of nitrogens with two attached hydrogens (primary N) is 1. The number of aromatic nitrogens is 3. The summed E-state index contributed by atoms with van der Waals surface area (Å²) >= 11 is 0. The number of nitrogens with one attached hydrogen (secondary N) is 1. The highest BCUT2D eigenvalue weighted by Crippen LogP contribution is 2.04. The molecular formula is C11H23N5. The predicted octanol–water partition coefficient (Wildman–Crippen LogP) is 0.763. The molecule has 3 N–H and O–H groups in total. The van der Waals surface area contributed by atoms with Gasteiger partial charge in [-0.3, -0.25) is 4.68 Å². The van der Waals surface area contributed by atoms with E-state index in [1.807, 2.05) is 10.9 Å². The van der Waals surface area contributed by atoms with Gasteiger partial charge in [-0.2, -0.15) is 0 Å². The molecule has 1 heterocycles. The van der Waals surface area contributed by atoms with Crippen LogP contribution in [0.2, 0.25) is 0 Å². The van der Waals surface area contributed by atoms with Crippen molar-refractivity contribution in [2.75, 3.05) is 13.1 Å². The summed E-state index contributed by atoms with van der Waals surface area (Å²) in [4.78, 5) is 0. The van der Waals surface area contributed by atoms with Crippen molar-refractivity contribution < 1.29 is 0 Å². The lowest BCUT2D eigenvalue weighted by atomic mass is 10.0. The summed E-state index contributed by atoms with van der Waals surface area (Å²) in [5.74, 6) is 0.787. The van der Waals surface area contributed by atoms with Crippen LogP contribution in [0.3, 0.4) is 0 Å². The Bertz CT molecular complexity index is 280. The molecule has 0 unspecified atom stereocenters. The van der Waals surface area contributed by atoms with Crippen LogP contribution in [0.5, 0.6) is 0 Å². The Morgan fingerprint density at radius 3 is 2.75 bits per heavy atom. The zero-order chi connectivity index (χ0) is 11.8. The van der Waals surface area contributed by atoms with E-state index >= 15 is 0 Å². The lowest BCUT2D eigenvalue weighted by Crippen LogP contribution is -2.26. The standard InChI is InChI=1S/C11H23N5/c1-3-10(4-2)8-13-5-6-16-9-11(7-12)14-15-16/h9-10,13H,3-8,12H2,1-2H3. The van der Waals surface area contributed by atoms with Crippen molar-refractivity contribution in [2.24, 2.45) is 11.7 Å². The monoisotopic (exact) mass is 225 g/mol. The molecule has 0 atom stereocenters. The van der Waals surface area contributed by atoms with Crippen LogP contribution in [0, 0.1) is 5.92 Å². The third kappa shape index (κ3) is 4.28. The second kappa shape index (κ2) is 7.35. The van der Waals surface area contributed by atoms with E-state index in [4.69, 9.17) is 5.73 Å². The number of hydrogen-bond acceptors (Lipinski definition) is 4. The second-order valence-corrected chi connectivity index (χ2v) is 4.06. The summed E-state index contributed by atoms with van der Waals surface area (Å²) in [6.07, 6.45) is 4.38. The zero-order valence-corrected chi connectivity index (χ0v) is 10.3. The summed E-state index contributed by atoms with van der Waals surface area (Å²) in [7, 11) is 0. The van der Waals surface area contributed by atoms with Gasteiger partial charge >= 0.3 is 0 Å². The van der Waals surface area contributed by atoms with Crippen molar-refractivity contribution >= 4 is 0 Å². The minimum absolute atomic E-state index is 0.459. The minimum Gasteiger partial charge on any atom is -0.325 e. The third-order valence-corrected chi connectivity index (χ3v) is 2.90. The highest BCUT2D eigenvalue weighted by atomic mass is 15.4. The first-order valence-corrected chi connectivity index (χ1v) is 6.09. The predicted molar refractivity (Wildman–Crippen MR) is 64.9 cm³/mol. The van der Waals surface area contributed by atoms with Crippen LogP contribution in [0.1, 0.15) is 32.4 Å². The molecule has 0 spiro atoms. The van der Waals surface area contributed by atoms with E-state index in [9.17, 15) is 0 Å². The van der Waals surface area contributed by atoms with Crippen molar-refractivity contribution in [3.05, 3.63) is 11.9 Å². The maximum atomic E-state index is 5.46. The topological polar surface area (TPSA) is 68.8 Å². The number of rotatable bonds is 8. The summed E-state index contributed by atoms with van der Waals surface area (Å²) in [5, 5.41) is 11.4. The smallest absolute Gasteiger partial charge is 0.0962 e. The molecule has 0 saturated heterocycles. The largest absolute Gasteiger partial charge is 0.325 e. The highest BCUT2D eigenvalue weighted by Gasteiger charge is 2.02. The normalized spacial score (nSPS) is 11.2. The quantitative estimate of drug-likeness (QED) is 0.641. The van der Waals surface area contributed by atoms with E-state index < -0.39 is 0 Å². The van der Waals surface area contributed by atoms with Crippen LogP contribution in [0.25, 0.3) is 0 Å². The van der Waals surface area contributed by atoms with Gasteiger partial charge in [0.05, 0.1) is 12.2 Å². The Hall–Kier alpha value is -0.940. The zero-order valence-electron chi connectivity index (χ0n) is 10.3. The molecule has 0 amide bonds. The first-order valence-electron chi connectivity index (χ1n) is 6.09. The molecule has 0 aliphatic carbocycles. The van der Waals surface area contributed by atoms with Gasteiger partial charge in [0.15, 0.2) is 0 Å². The van der Waals surface area contributed by atoms with Gasteiger partial charge < -0.3 is 11.1 Å². The van der Waals surface area contributed by atoms with Crippen LogP contribution in [-0.2, 0) is 13.1 Å². The molecular weight excluding hydrogens is 202 g/mol. The fourth-order valence-corrected chi connectivity index (χ4v) is 1.62. The van der Waals surface area contributed by atoms with Gasteiger partial charge in [0, 0.05) is 19.3 Å². The molecule has 1 aromatic rings. The summed E-state index contributed by atoms with van der Waals surface area (Å²) in [6, 6.07) is 0. The Kier molecular flexibility index (Phi) is 6.03. The molecule has 1 aromatic heterocycles. The average Bonchev–Trinajstić information content (AvgIpc) is 2.77. The molecule has 0 fully saturated rings. The lowest BCUT2D eigenvalue weighted by Gasteiger charge is -2.12. The van der Waals surface area contributed by atoms with Gasteiger partial charge in [0.1, 0.15) is 0 Å². The van der Waals surface area contributed by atoms with E-state index in [1.165, 1.54) is 12.8 Å². The van der Waals surface area contributed by atoms with Crippen molar-refractivity contribution in [1.29, 1.82) is 0 Å². The van der Waals surface area contributed by atoms with Gasteiger partial charge in [0.2, 0.25) is 0 Å². The molecule has 0 saturated carbocycles. The van der Waals surface area contributed by atoms with Crippen LogP contribution in [0.4, 0.5) is 0 Å². The third-order valence-electron chi connectivity index (χ3n) is 2.90. The molecule has 16 heavy (non-hydrogen) atoms. The molecule has 92 valence electrons. The van der Waals surface area contributed by atoms with Crippen LogP contribution in [0.15, 0.2) is 6.20 Å². The van der Waals surface area contributed by atoms with Gasteiger partial charge in [0.25, 0.3) is 0 Å². The van der Waals surface area contributed by atoms with E-state index in [2.05, 4.69) is 29.5 Å². The SMILES string of the molecule is CCC(CC)CNCCn1cc(CN)nn1. The maximum Gasteiger partial charge on any atom is 0.0962 e. The van der Waals surface area contributed by atoms with Crippen molar-refractivity contribution in [3.8, 4) is 0 Å². The highest BCUT2D eigenvalue weighted by molar-refractivity contribution is 4.90. The van der Waals surface area contributed by atoms with Gasteiger partial charge in [-0.25, -0.2) is 0 Å². The number of nitrogens with zero attached hydrogens (tertiary/aromatic N) is 3. The van der Waals surface area contributed by atoms with E-state index in [-0.39, 0.29) is 0 Å². The lowest BCUT2D eigenvalue weighted by molar-refractivity contribution is 0.435. The van der Waals surface area contributed by atoms with Gasteiger partial charge in [-0.1, -0.05) is 31.9 Å². The molecule has 0 aliphatic heterocycles. The average molecular weight is 225 g/mol. The fourth-order valence-electron chi connectivity index (χ4n) is 1.62. The van der Waals surface area contributed by atoms with Gasteiger partial charge in [-0.15, -0.1) is 5.10 Å². The molecule has 0 radical (unpaired) electrons. The van der Waals surface area contributed by atoms with Gasteiger partial charge in [-0.05, 0) is 12.5 Å². The summed E-state index contributed by atoms with van der Waals surface area (Å²) in [5.41, 5.74) is 6.31. The Labute approximate surface area is 97.4 Å².